The topological polar surface area (TPSA) is 62.4 Å². The van der Waals surface area contributed by atoms with Gasteiger partial charge in [0.05, 0.1) is 0 Å². The van der Waals surface area contributed by atoms with Crippen LogP contribution in [0.2, 0.25) is 0 Å². The van der Waals surface area contributed by atoms with E-state index in [0.29, 0.717) is 11.4 Å². The Morgan fingerprint density at radius 1 is 1.33 bits per heavy atom. The molecule has 0 amide bonds. The predicted octanol–water partition coefficient (Wildman–Crippen LogP) is 2.50. The summed E-state index contributed by atoms with van der Waals surface area (Å²) in [6.45, 7) is 3.09. The molecule has 1 aromatic rings. The summed E-state index contributed by atoms with van der Waals surface area (Å²) in [6.07, 6.45) is 5.09. The van der Waals surface area contributed by atoms with Gasteiger partial charge < -0.3 is 5.32 Å². The lowest BCUT2D eigenvalue weighted by Gasteiger charge is -2.13. The van der Waals surface area contributed by atoms with Crippen molar-refractivity contribution >= 4 is 11.6 Å². The molecule has 0 unspecified atom stereocenters. The van der Waals surface area contributed by atoms with Crippen LogP contribution in [0.3, 0.4) is 0 Å². The third kappa shape index (κ3) is 3.47. The van der Waals surface area contributed by atoms with Crippen molar-refractivity contribution in [2.24, 2.45) is 16.3 Å². The van der Waals surface area contributed by atoms with Crippen LogP contribution in [0.25, 0.3) is 0 Å². The molecule has 1 aromatic carbocycles. The van der Waals surface area contributed by atoms with Crippen LogP contribution in [0.15, 0.2) is 35.3 Å². The highest BCUT2D eigenvalue weighted by Gasteiger charge is 2.41. The van der Waals surface area contributed by atoms with E-state index in [1.807, 2.05) is 30.3 Å². The normalized spacial score (nSPS) is 17.3. The van der Waals surface area contributed by atoms with Gasteiger partial charge in [0.15, 0.2) is 0 Å². The molecule has 1 fully saturated rings. The summed E-state index contributed by atoms with van der Waals surface area (Å²) < 4.78 is 0. The molecule has 98 valence electrons. The van der Waals surface area contributed by atoms with Crippen molar-refractivity contribution in [3.05, 3.63) is 30.3 Å². The minimum absolute atomic E-state index is 0.454. The van der Waals surface area contributed by atoms with E-state index in [4.69, 9.17) is 5.84 Å². The van der Waals surface area contributed by atoms with Crippen LogP contribution in [0.5, 0.6) is 0 Å². The zero-order valence-electron chi connectivity index (χ0n) is 10.9. The lowest BCUT2D eigenvalue weighted by molar-refractivity contribution is 0.472. The average Bonchev–Trinajstić information content (AvgIpc) is 3.16. The molecule has 18 heavy (non-hydrogen) atoms. The highest BCUT2D eigenvalue weighted by molar-refractivity contribution is 5.93. The van der Waals surface area contributed by atoms with Gasteiger partial charge in [0.2, 0.25) is 5.96 Å². The molecule has 0 aliphatic heterocycles. The van der Waals surface area contributed by atoms with E-state index in [1.54, 1.807) is 0 Å². The van der Waals surface area contributed by atoms with Crippen LogP contribution in [-0.2, 0) is 0 Å². The van der Waals surface area contributed by atoms with Crippen molar-refractivity contribution in [3.8, 4) is 0 Å². The number of benzene rings is 1. The summed E-state index contributed by atoms with van der Waals surface area (Å²) in [7, 11) is 0. The minimum Gasteiger partial charge on any atom is -0.325 e. The van der Waals surface area contributed by atoms with E-state index in [0.717, 1.165) is 12.2 Å². The molecule has 0 aromatic heterocycles. The first-order valence-corrected chi connectivity index (χ1v) is 6.61. The van der Waals surface area contributed by atoms with E-state index in [2.05, 4.69) is 22.7 Å². The molecule has 1 aliphatic rings. The molecule has 1 saturated carbocycles. The second-order valence-corrected chi connectivity index (χ2v) is 5.05. The van der Waals surface area contributed by atoms with E-state index in [1.165, 1.54) is 25.7 Å². The fourth-order valence-corrected chi connectivity index (χ4v) is 2.22. The Morgan fingerprint density at radius 2 is 2.06 bits per heavy atom. The molecule has 0 saturated heterocycles. The molecule has 1 aliphatic carbocycles. The Bertz CT molecular complexity index is 396. The molecule has 0 atom stereocenters. The molecular weight excluding hydrogens is 224 g/mol. The van der Waals surface area contributed by atoms with Crippen LogP contribution in [0.4, 0.5) is 5.69 Å². The third-order valence-corrected chi connectivity index (χ3v) is 3.48. The van der Waals surface area contributed by atoms with Crippen LogP contribution in [-0.4, -0.2) is 12.5 Å². The summed E-state index contributed by atoms with van der Waals surface area (Å²) in [6, 6.07) is 9.93. The van der Waals surface area contributed by atoms with Crippen LogP contribution in [0, 0.1) is 5.41 Å². The maximum atomic E-state index is 5.50. The SMILES string of the molecule is CCCC1(CN=C(NN)Nc2ccccc2)CC1. The van der Waals surface area contributed by atoms with Gasteiger partial charge in [-0.05, 0) is 36.8 Å². The third-order valence-electron chi connectivity index (χ3n) is 3.48. The van der Waals surface area contributed by atoms with Crippen molar-refractivity contribution in [3.63, 3.8) is 0 Å². The Morgan fingerprint density at radius 3 is 2.61 bits per heavy atom. The standard InChI is InChI=1S/C14H22N4/c1-2-8-14(9-10-14)11-16-13(18-15)17-12-6-4-3-5-7-12/h3-7H,2,8-11,15H2,1H3,(H2,16,17,18). The van der Waals surface area contributed by atoms with Crippen LogP contribution in [0.1, 0.15) is 32.6 Å². The van der Waals surface area contributed by atoms with E-state index >= 15 is 0 Å². The number of nitrogens with one attached hydrogen (secondary N) is 2. The number of para-hydroxylation sites is 1. The van der Waals surface area contributed by atoms with E-state index in [9.17, 15) is 0 Å². The lowest BCUT2D eigenvalue weighted by atomic mass is 10.0. The smallest absolute Gasteiger partial charge is 0.210 e. The molecule has 0 radical (unpaired) electrons. The predicted molar refractivity (Wildman–Crippen MR) is 76.3 cm³/mol. The highest BCUT2D eigenvalue weighted by atomic mass is 15.3. The van der Waals surface area contributed by atoms with Crippen molar-refractivity contribution < 1.29 is 0 Å². The Labute approximate surface area is 109 Å². The van der Waals surface area contributed by atoms with Gasteiger partial charge >= 0.3 is 0 Å². The van der Waals surface area contributed by atoms with Gasteiger partial charge in [-0.25, -0.2) is 5.84 Å². The number of nitrogens with zero attached hydrogens (tertiary/aromatic N) is 1. The van der Waals surface area contributed by atoms with Gasteiger partial charge in [-0.2, -0.15) is 0 Å². The zero-order chi connectivity index (χ0) is 12.8. The number of aliphatic imine (C=N–C) groups is 1. The molecule has 4 N–H and O–H groups in total. The molecule has 2 rings (SSSR count). The van der Waals surface area contributed by atoms with Gasteiger partial charge in [-0.3, -0.25) is 10.4 Å². The number of anilines is 1. The van der Waals surface area contributed by atoms with Gasteiger partial charge in [-0.1, -0.05) is 31.5 Å². The molecule has 0 spiro atoms. The molecule has 0 heterocycles. The summed E-state index contributed by atoms with van der Waals surface area (Å²) in [5.74, 6) is 6.14. The fourth-order valence-electron chi connectivity index (χ4n) is 2.22. The largest absolute Gasteiger partial charge is 0.325 e. The average molecular weight is 246 g/mol. The lowest BCUT2D eigenvalue weighted by Crippen LogP contribution is -2.36. The number of nitrogens with two attached hydrogens (primary N) is 1. The van der Waals surface area contributed by atoms with Gasteiger partial charge in [0.25, 0.3) is 0 Å². The molecule has 0 bridgehead atoms. The van der Waals surface area contributed by atoms with Gasteiger partial charge in [-0.15, -0.1) is 0 Å². The van der Waals surface area contributed by atoms with Crippen molar-refractivity contribution in [2.75, 3.05) is 11.9 Å². The van der Waals surface area contributed by atoms with E-state index < -0.39 is 0 Å². The maximum absolute atomic E-state index is 5.50. The van der Waals surface area contributed by atoms with Gasteiger partial charge in [0, 0.05) is 12.2 Å². The highest BCUT2D eigenvalue weighted by Crippen LogP contribution is 2.49. The number of hydrazine groups is 1. The zero-order valence-corrected chi connectivity index (χ0v) is 10.9. The summed E-state index contributed by atoms with van der Waals surface area (Å²) >= 11 is 0. The minimum atomic E-state index is 0.454. The quantitative estimate of drug-likeness (QED) is 0.324. The van der Waals surface area contributed by atoms with Crippen LogP contribution >= 0.6 is 0 Å². The maximum Gasteiger partial charge on any atom is 0.210 e. The second-order valence-electron chi connectivity index (χ2n) is 5.05. The Balaban J connectivity index is 1.92. The van der Waals surface area contributed by atoms with E-state index in [-0.39, 0.29) is 0 Å². The second kappa shape index (κ2) is 5.87. The first-order valence-electron chi connectivity index (χ1n) is 6.61. The number of guanidine groups is 1. The molecular formula is C14H22N4. The summed E-state index contributed by atoms with van der Waals surface area (Å²) in [5, 5.41) is 3.19. The molecule has 4 nitrogen and oxygen atoms in total. The monoisotopic (exact) mass is 246 g/mol. The first kappa shape index (κ1) is 12.9. The van der Waals surface area contributed by atoms with Gasteiger partial charge in [0.1, 0.15) is 0 Å². The summed E-state index contributed by atoms with van der Waals surface area (Å²) in [5.41, 5.74) is 4.08. The fraction of sp³-hybridized carbons (Fsp3) is 0.500. The number of hydrogen-bond acceptors (Lipinski definition) is 2. The number of hydrogen-bond donors (Lipinski definition) is 3. The first-order chi connectivity index (χ1) is 8.78. The van der Waals surface area contributed by atoms with Crippen molar-refractivity contribution in [1.82, 2.24) is 5.43 Å². The van der Waals surface area contributed by atoms with Crippen LogP contribution < -0.4 is 16.6 Å². The van der Waals surface area contributed by atoms with Crippen molar-refractivity contribution in [1.29, 1.82) is 0 Å². The molecule has 4 heteroatoms. The summed E-state index contributed by atoms with van der Waals surface area (Å²) in [4.78, 5) is 4.56. The Hall–Kier alpha value is -1.55. The Kier molecular flexibility index (Phi) is 4.20. The van der Waals surface area contributed by atoms with Crippen molar-refractivity contribution in [2.45, 2.75) is 32.6 Å². The number of rotatable bonds is 5.